The third-order valence-electron chi connectivity index (χ3n) is 8.70. The molecule has 0 aliphatic carbocycles. The van der Waals surface area contributed by atoms with Gasteiger partial charge < -0.3 is 54.6 Å². The molecule has 2 saturated heterocycles. The van der Waals surface area contributed by atoms with Crippen LogP contribution in [-0.2, 0) is 27.2 Å². The van der Waals surface area contributed by atoms with Crippen LogP contribution >= 0.6 is 0 Å². The molecule has 234 valence electrons. The van der Waals surface area contributed by atoms with E-state index < -0.39 is 68.0 Å². The van der Waals surface area contributed by atoms with Crippen LogP contribution in [0.15, 0.2) is 47.3 Å². The summed E-state index contributed by atoms with van der Waals surface area (Å²) in [6.45, 7) is 1.59. The lowest BCUT2D eigenvalue weighted by molar-refractivity contribution is -0.318. The molecule has 14 nitrogen and oxygen atoms in total. The molecule has 4 aromatic rings. The third-order valence-corrected chi connectivity index (χ3v) is 8.70. The van der Waals surface area contributed by atoms with Crippen LogP contribution in [-0.4, -0.2) is 113 Å². The van der Waals surface area contributed by atoms with Gasteiger partial charge in [-0.15, -0.1) is 0 Å². The van der Waals surface area contributed by atoms with E-state index in [0.717, 1.165) is 16.6 Å². The number of benzene rings is 2. The molecule has 10 atom stereocenters. The minimum atomic E-state index is -1.65. The molecule has 0 saturated carbocycles. The van der Waals surface area contributed by atoms with Gasteiger partial charge in [0.1, 0.15) is 48.5 Å². The van der Waals surface area contributed by atoms with Crippen molar-refractivity contribution in [2.45, 2.75) is 81.3 Å². The highest BCUT2D eigenvalue weighted by molar-refractivity contribution is 5.92. The lowest BCUT2D eigenvalue weighted by Crippen LogP contribution is -2.61. The molecule has 3 aliphatic rings. The van der Waals surface area contributed by atoms with Gasteiger partial charge in [0.25, 0.3) is 5.56 Å². The fourth-order valence-corrected chi connectivity index (χ4v) is 6.17. The minimum absolute atomic E-state index is 0.102. The number of hydrogen-bond acceptors (Lipinski definition) is 12. The molecule has 2 aromatic heterocycles. The monoisotopic (exact) mass is 611 g/mol. The number of aromatic amines is 1. The van der Waals surface area contributed by atoms with Crippen molar-refractivity contribution < 1.29 is 49.6 Å². The second-order valence-electron chi connectivity index (χ2n) is 11.5. The largest absolute Gasteiger partial charge is 0.462 e. The number of hydrogen-bond donors (Lipinski definition) is 7. The summed E-state index contributed by atoms with van der Waals surface area (Å²) in [5.41, 5.74) is 2.95. The quantitative estimate of drug-likeness (QED) is 0.147. The van der Waals surface area contributed by atoms with Crippen molar-refractivity contribution in [3.63, 3.8) is 0 Å². The Morgan fingerprint density at radius 2 is 1.66 bits per heavy atom. The number of aryl methyl sites for hydroxylation is 1. The summed E-state index contributed by atoms with van der Waals surface area (Å²) in [5.74, 6) is 0.840. The highest BCUT2D eigenvalue weighted by Crippen LogP contribution is 2.36. The normalized spacial score (nSPS) is 33.7. The molecule has 7 rings (SSSR count). The lowest BCUT2D eigenvalue weighted by Gasteiger charge is -2.42. The van der Waals surface area contributed by atoms with E-state index in [-0.39, 0.29) is 5.56 Å². The Hall–Kier alpha value is -3.44. The summed E-state index contributed by atoms with van der Waals surface area (Å²) in [6, 6.07) is 12.5. The van der Waals surface area contributed by atoms with Gasteiger partial charge in [0.2, 0.25) is 6.29 Å². The van der Waals surface area contributed by atoms with Crippen molar-refractivity contribution in [2.24, 2.45) is 0 Å². The minimum Gasteiger partial charge on any atom is -0.462 e. The van der Waals surface area contributed by atoms with E-state index in [4.69, 9.17) is 23.9 Å². The van der Waals surface area contributed by atoms with E-state index in [1.165, 1.54) is 6.92 Å². The molecule has 0 amide bonds. The molecule has 2 fully saturated rings. The Kier molecular flexibility index (Phi) is 7.43. The molecule has 7 N–H and O–H groups in total. The fourth-order valence-electron chi connectivity index (χ4n) is 6.17. The number of aliphatic hydroxyl groups excluding tert-OH is 6. The van der Waals surface area contributed by atoms with Crippen LogP contribution < -0.4 is 10.3 Å². The second kappa shape index (κ2) is 11.2. The van der Waals surface area contributed by atoms with Gasteiger partial charge in [-0.25, -0.2) is 4.98 Å². The van der Waals surface area contributed by atoms with Gasteiger partial charge in [0.05, 0.1) is 29.3 Å². The Morgan fingerprint density at radius 3 is 2.48 bits per heavy atom. The van der Waals surface area contributed by atoms with Crippen molar-refractivity contribution in [3.05, 3.63) is 58.4 Å². The molecule has 0 radical (unpaired) electrons. The zero-order valence-corrected chi connectivity index (χ0v) is 23.6. The van der Waals surface area contributed by atoms with E-state index >= 15 is 0 Å². The molecule has 44 heavy (non-hydrogen) atoms. The first-order chi connectivity index (χ1) is 21.1. The van der Waals surface area contributed by atoms with Crippen LogP contribution in [0.1, 0.15) is 12.5 Å². The highest BCUT2D eigenvalue weighted by Gasteiger charge is 2.47. The summed E-state index contributed by atoms with van der Waals surface area (Å²) in [7, 11) is 0. The average Bonchev–Trinajstić information content (AvgIpc) is 3.40. The zero-order chi connectivity index (χ0) is 30.9. The van der Waals surface area contributed by atoms with Crippen LogP contribution in [0, 0.1) is 0 Å². The van der Waals surface area contributed by atoms with Crippen molar-refractivity contribution in [3.8, 4) is 17.3 Å². The van der Waals surface area contributed by atoms with Gasteiger partial charge in [-0.2, -0.15) is 0 Å². The van der Waals surface area contributed by atoms with Gasteiger partial charge in [0.15, 0.2) is 12.1 Å². The number of nitrogens with one attached hydrogen (secondary N) is 1. The molecule has 5 heterocycles. The summed E-state index contributed by atoms with van der Waals surface area (Å²) in [4.78, 5) is 21.3. The number of fused-ring (bicyclic) bond motifs is 6. The lowest BCUT2D eigenvalue weighted by atomic mass is 9.98. The Labute approximate surface area is 249 Å². The van der Waals surface area contributed by atoms with E-state index in [9.17, 15) is 35.4 Å². The van der Waals surface area contributed by atoms with Gasteiger partial charge >= 0.3 is 0 Å². The molecular formula is C30H33N3O11. The molecule has 0 bridgehead atoms. The first-order valence-electron chi connectivity index (χ1n) is 14.4. The van der Waals surface area contributed by atoms with E-state index in [2.05, 4.69) is 4.98 Å². The predicted octanol–water partition coefficient (Wildman–Crippen LogP) is -0.869. The predicted molar refractivity (Wildman–Crippen MR) is 153 cm³/mol. The molecule has 0 spiro atoms. The van der Waals surface area contributed by atoms with Crippen LogP contribution in [0.25, 0.3) is 33.3 Å². The topological polar surface area (TPSA) is 209 Å². The maximum Gasteiger partial charge on any atom is 0.261 e. The van der Waals surface area contributed by atoms with E-state index in [1.807, 2.05) is 18.2 Å². The van der Waals surface area contributed by atoms with Crippen LogP contribution in [0.4, 0.5) is 0 Å². The van der Waals surface area contributed by atoms with Crippen LogP contribution in [0.2, 0.25) is 0 Å². The SMILES string of the molecule is C[C@@H]1O[C@@H](OC[C@H]2O[C@@H](Oc3ccc4c5c([nH]c4c3)-c3nc4ccccc4c(=O)n3CC5)[C@H](O)[C@@H](O)[C@@H]2O)[C@H](O)[C@H](O)[C@H]1O. The molecule has 3 aliphatic heterocycles. The molecular weight excluding hydrogens is 578 g/mol. The number of rotatable bonds is 5. The first kappa shape index (κ1) is 29.3. The number of aromatic nitrogens is 3. The fraction of sp³-hybridized carbons (Fsp3) is 0.467. The van der Waals surface area contributed by atoms with Gasteiger partial charge in [0, 0.05) is 23.5 Å². The Balaban J connectivity index is 1.11. The van der Waals surface area contributed by atoms with Gasteiger partial charge in [-0.05, 0) is 43.2 Å². The highest BCUT2D eigenvalue weighted by atomic mass is 16.7. The van der Waals surface area contributed by atoms with Crippen molar-refractivity contribution in [1.29, 1.82) is 0 Å². The van der Waals surface area contributed by atoms with E-state index in [0.29, 0.717) is 41.0 Å². The maximum atomic E-state index is 13.1. The van der Waals surface area contributed by atoms with Crippen LogP contribution in [0.3, 0.4) is 0 Å². The smallest absolute Gasteiger partial charge is 0.261 e. The summed E-state index contributed by atoms with van der Waals surface area (Å²) < 4.78 is 24.3. The van der Waals surface area contributed by atoms with Crippen molar-refractivity contribution in [1.82, 2.24) is 14.5 Å². The first-order valence-corrected chi connectivity index (χ1v) is 14.4. The number of para-hydroxylation sites is 1. The summed E-state index contributed by atoms with van der Waals surface area (Å²) >= 11 is 0. The Bertz CT molecular complexity index is 1760. The van der Waals surface area contributed by atoms with Gasteiger partial charge in [-0.1, -0.05) is 12.1 Å². The van der Waals surface area contributed by atoms with Crippen molar-refractivity contribution in [2.75, 3.05) is 6.61 Å². The standard InChI is InChI=1S/C30H33N3O11/c1-12-21(34)23(36)25(38)29(42-12)41-11-19-22(35)24(37)26(39)30(44-19)43-13-6-7-14-15-8-9-33-27(20(15)31-18(14)10-13)32-17-5-3-2-4-16(17)28(33)40/h2-7,10,12,19,21-26,29-31,34-39H,8-9,11H2,1H3/t12-,19+,21-,22+,23+,24-,25+,26+,29+,30+/m0/s1. The van der Waals surface area contributed by atoms with Gasteiger partial charge in [-0.3, -0.25) is 9.36 Å². The zero-order valence-electron chi connectivity index (χ0n) is 23.6. The maximum absolute atomic E-state index is 13.1. The number of H-pyrrole nitrogens is 1. The Morgan fingerprint density at radius 1 is 0.909 bits per heavy atom. The summed E-state index contributed by atoms with van der Waals surface area (Å²) in [6.07, 6.45) is -13.4. The number of aliphatic hydroxyl groups is 6. The molecule has 14 heteroatoms. The van der Waals surface area contributed by atoms with Crippen LogP contribution in [0.5, 0.6) is 5.75 Å². The number of ether oxygens (including phenoxy) is 4. The molecule has 2 aromatic carbocycles. The average molecular weight is 612 g/mol. The third kappa shape index (κ3) is 4.79. The van der Waals surface area contributed by atoms with Crippen molar-refractivity contribution >= 4 is 21.8 Å². The summed E-state index contributed by atoms with van der Waals surface area (Å²) in [5, 5.41) is 63.3. The number of nitrogens with zero attached hydrogens (tertiary/aromatic N) is 2. The van der Waals surface area contributed by atoms with E-state index in [1.54, 1.807) is 28.8 Å². The second-order valence-corrected chi connectivity index (χ2v) is 11.5. The molecule has 0 unspecified atom stereocenters.